The maximum atomic E-state index is 13.3. The van der Waals surface area contributed by atoms with Crippen molar-refractivity contribution >= 4 is 17.7 Å². The molecule has 4 N–H and O–H groups in total. The van der Waals surface area contributed by atoms with Gasteiger partial charge in [0.2, 0.25) is 0 Å². The smallest absolute Gasteiger partial charge is 0.408 e. The molecule has 0 aliphatic carbocycles. The van der Waals surface area contributed by atoms with Crippen LogP contribution in [0.25, 0.3) is 11.3 Å². The standard InChI is InChI=1S/C28H26N4O3/c29-18-21-10-6-13-24(16-21)31-27(33)26(32-28(34)35-19-20-8-2-1-3-9-20)23-12-7-11-22(17-23)25-14-4-5-15-30-25/h1-17,26H,18-19,29H2,(H,31,33)(H,32,34)/t26-/m1/s1. The number of ether oxygens (including phenoxy) is 1. The Morgan fingerprint density at radius 2 is 1.63 bits per heavy atom. The lowest BCUT2D eigenvalue weighted by molar-refractivity contribution is -0.118. The van der Waals surface area contributed by atoms with Crippen LogP contribution in [0.5, 0.6) is 0 Å². The van der Waals surface area contributed by atoms with Gasteiger partial charge in [0.25, 0.3) is 5.91 Å². The summed E-state index contributed by atoms with van der Waals surface area (Å²) in [5.74, 6) is -0.408. The van der Waals surface area contributed by atoms with Crippen LogP contribution in [0.4, 0.5) is 10.5 Å². The van der Waals surface area contributed by atoms with Gasteiger partial charge in [0, 0.05) is 24.0 Å². The van der Waals surface area contributed by atoms with Crippen LogP contribution < -0.4 is 16.4 Å². The first-order chi connectivity index (χ1) is 17.1. The van der Waals surface area contributed by atoms with Gasteiger partial charge in [-0.05, 0) is 47.0 Å². The average molecular weight is 467 g/mol. The van der Waals surface area contributed by atoms with Crippen LogP contribution in [-0.4, -0.2) is 17.0 Å². The van der Waals surface area contributed by atoms with Gasteiger partial charge < -0.3 is 21.1 Å². The van der Waals surface area contributed by atoms with E-state index in [1.54, 1.807) is 24.4 Å². The summed E-state index contributed by atoms with van der Waals surface area (Å²) in [4.78, 5) is 30.4. The minimum absolute atomic E-state index is 0.0908. The summed E-state index contributed by atoms with van der Waals surface area (Å²) in [7, 11) is 0. The average Bonchev–Trinajstić information content (AvgIpc) is 2.91. The first-order valence-electron chi connectivity index (χ1n) is 11.2. The highest BCUT2D eigenvalue weighted by molar-refractivity contribution is 5.97. The Kier molecular flexibility index (Phi) is 7.83. The quantitative estimate of drug-likeness (QED) is 0.345. The zero-order valence-electron chi connectivity index (χ0n) is 19.1. The monoisotopic (exact) mass is 466 g/mol. The Hall–Kier alpha value is -4.49. The van der Waals surface area contributed by atoms with Crippen LogP contribution in [0.2, 0.25) is 0 Å². The van der Waals surface area contributed by atoms with E-state index in [-0.39, 0.29) is 6.61 Å². The van der Waals surface area contributed by atoms with E-state index in [0.717, 1.165) is 22.4 Å². The van der Waals surface area contributed by atoms with Gasteiger partial charge in [0.15, 0.2) is 0 Å². The number of aromatic nitrogens is 1. The minimum atomic E-state index is -0.997. The highest BCUT2D eigenvalue weighted by atomic mass is 16.5. The second-order valence-electron chi connectivity index (χ2n) is 7.87. The van der Waals surface area contributed by atoms with Crippen molar-refractivity contribution in [3.05, 3.63) is 120 Å². The summed E-state index contributed by atoms with van der Waals surface area (Å²) >= 11 is 0. The molecule has 176 valence electrons. The Balaban J connectivity index is 1.57. The van der Waals surface area contributed by atoms with Gasteiger partial charge in [-0.1, -0.05) is 66.7 Å². The van der Waals surface area contributed by atoms with Crippen LogP contribution >= 0.6 is 0 Å². The predicted molar refractivity (Wildman–Crippen MR) is 135 cm³/mol. The number of pyridine rings is 1. The van der Waals surface area contributed by atoms with Crippen molar-refractivity contribution in [1.82, 2.24) is 10.3 Å². The number of nitrogens with one attached hydrogen (secondary N) is 2. The molecule has 1 atom stereocenters. The number of hydrogen-bond donors (Lipinski definition) is 3. The van der Waals surface area contributed by atoms with E-state index in [4.69, 9.17) is 10.5 Å². The van der Waals surface area contributed by atoms with Gasteiger partial charge in [-0.15, -0.1) is 0 Å². The number of alkyl carbamates (subject to hydrolysis) is 1. The zero-order chi connectivity index (χ0) is 24.5. The number of nitrogens with zero attached hydrogens (tertiary/aromatic N) is 1. The number of amides is 2. The minimum Gasteiger partial charge on any atom is -0.445 e. The lowest BCUT2D eigenvalue weighted by atomic mass is 10.0. The fraction of sp³-hybridized carbons (Fsp3) is 0.107. The Morgan fingerprint density at radius 1 is 0.857 bits per heavy atom. The van der Waals surface area contributed by atoms with Crippen molar-refractivity contribution in [2.45, 2.75) is 19.2 Å². The number of rotatable bonds is 8. The lowest BCUT2D eigenvalue weighted by Crippen LogP contribution is -2.37. The van der Waals surface area contributed by atoms with Gasteiger partial charge in [0.05, 0.1) is 5.69 Å². The molecule has 0 unspecified atom stereocenters. The highest BCUT2D eigenvalue weighted by Crippen LogP contribution is 2.23. The Morgan fingerprint density at radius 3 is 2.40 bits per heavy atom. The van der Waals surface area contributed by atoms with Crippen molar-refractivity contribution in [2.75, 3.05) is 5.32 Å². The van der Waals surface area contributed by atoms with Crippen molar-refractivity contribution in [3.8, 4) is 11.3 Å². The summed E-state index contributed by atoms with van der Waals surface area (Å²) < 4.78 is 5.37. The number of hydrogen-bond acceptors (Lipinski definition) is 5. The highest BCUT2D eigenvalue weighted by Gasteiger charge is 2.24. The predicted octanol–water partition coefficient (Wildman–Crippen LogP) is 4.81. The number of carbonyl (C=O) groups is 2. The first kappa shape index (κ1) is 23.7. The van der Waals surface area contributed by atoms with Crippen LogP contribution in [0, 0.1) is 0 Å². The molecule has 3 aromatic carbocycles. The Bertz CT molecular complexity index is 1280. The molecule has 1 heterocycles. The number of nitrogens with two attached hydrogens (primary N) is 1. The van der Waals surface area contributed by atoms with Gasteiger partial charge in [0.1, 0.15) is 12.6 Å². The van der Waals surface area contributed by atoms with Crippen LogP contribution in [0.15, 0.2) is 103 Å². The van der Waals surface area contributed by atoms with E-state index in [2.05, 4.69) is 15.6 Å². The van der Waals surface area contributed by atoms with Gasteiger partial charge in [-0.2, -0.15) is 0 Å². The van der Waals surface area contributed by atoms with E-state index in [1.807, 2.05) is 78.9 Å². The molecule has 7 heteroatoms. The number of benzene rings is 3. The molecule has 0 aliphatic heterocycles. The molecule has 7 nitrogen and oxygen atoms in total. The fourth-order valence-corrected chi connectivity index (χ4v) is 3.58. The molecule has 0 saturated heterocycles. The summed E-state index contributed by atoms with van der Waals surface area (Å²) in [6.45, 7) is 0.441. The van der Waals surface area contributed by atoms with Gasteiger partial charge >= 0.3 is 6.09 Å². The van der Waals surface area contributed by atoms with Crippen molar-refractivity contribution in [1.29, 1.82) is 0 Å². The third kappa shape index (κ3) is 6.52. The molecular weight excluding hydrogens is 440 g/mol. The zero-order valence-corrected chi connectivity index (χ0v) is 19.1. The lowest BCUT2D eigenvalue weighted by Gasteiger charge is -2.20. The molecule has 0 radical (unpaired) electrons. The molecule has 0 aliphatic rings. The molecule has 4 rings (SSSR count). The summed E-state index contributed by atoms with van der Waals surface area (Å²) in [5.41, 5.74) is 10.2. The van der Waals surface area contributed by atoms with Crippen LogP contribution in [-0.2, 0) is 22.7 Å². The van der Waals surface area contributed by atoms with E-state index in [1.165, 1.54) is 0 Å². The molecule has 0 fully saturated rings. The van der Waals surface area contributed by atoms with Gasteiger partial charge in [-0.25, -0.2) is 4.79 Å². The SMILES string of the molecule is NCc1cccc(NC(=O)[C@H](NC(=O)OCc2ccccc2)c2cccc(-c3ccccn3)c2)c1. The molecule has 0 spiro atoms. The third-order valence-corrected chi connectivity index (χ3v) is 5.35. The molecule has 0 saturated carbocycles. The number of anilines is 1. The van der Waals surface area contributed by atoms with Crippen LogP contribution in [0.1, 0.15) is 22.7 Å². The molecule has 2 amide bonds. The van der Waals surface area contributed by atoms with E-state index >= 15 is 0 Å². The second kappa shape index (κ2) is 11.6. The summed E-state index contributed by atoms with van der Waals surface area (Å²) in [6, 6.07) is 28.6. The maximum Gasteiger partial charge on any atom is 0.408 e. The largest absolute Gasteiger partial charge is 0.445 e. The normalized spacial score (nSPS) is 11.3. The van der Waals surface area contributed by atoms with Crippen molar-refractivity contribution in [2.24, 2.45) is 5.73 Å². The topological polar surface area (TPSA) is 106 Å². The Labute approximate surface area is 204 Å². The van der Waals surface area contributed by atoms with E-state index in [9.17, 15) is 9.59 Å². The molecular formula is C28H26N4O3. The fourth-order valence-electron chi connectivity index (χ4n) is 3.58. The third-order valence-electron chi connectivity index (χ3n) is 5.35. The van der Waals surface area contributed by atoms with E-state index in [0.29, 0.717) is 17.8 Å². The number of carbonyl (C=O) groups excluding carboxylic acids is 2. The second-order valence-corrected chi connectivity index (χ2v) is 7.87. The van der Waals surface area contributed by atoms with Gasteiger partial charge in [-0.3, -0.25) is 9.78 Å². The van der Waals surface area contributed by atoms with Crippen molar-refractivity contribution in [3.63, 3.8) is 0 Å². The molecule has 35 heavy (non-hydrogen) atoms. The van der Waals surface area contributed by atoms with Crippen LogP contribution in [0.3, 0.4) is 0 Å². The first-order valence-corrected chi connectivity index (χ1v) is 11.2. The summed E-state index contributed by atoms with van der Waals surface area (Å²) in [5, 5.41) is 5.59. The molecule has 1 aromatic heterocycles. The van der Waals surface area contributed by atoms with Crippen molar-refractivity contribution < 1.29 is 14.3 Å². The molecule has 0 bridgehead atoms. The maximum absolute atomic E-state index is 13.3. The molecule has 4 aromatic rings. The van der Waals surface area contributed by atoms with E-state index < -0.39 is 18.0 Å². The summed E-state index contributed by atoms with van der Waals surface area (Å²) in [6.07, 6.45) is 1.00.